The maximum atomic E-state index is 6.06. The second-order valence-electron chi connectivity index (χ2n) is 6.20. The Kier molecular flexibility index (Phi) is 5.00. The lowest BCUT2D eigenvalue weighted by atomic mass is 10.0. The van der Waals surface area contributed by atoms with E-state index in [0.29, 0.717) is 11.0 Å². The summed E-state index contributed by atoms with van der Waals surface area (Å²) in [5.74, 6) is 1.48. The molecule has 2 heterocycles. The summed E-state index contributed by atoms with van der Waals surface area (Å²) in [7, 11) is 0. The van der Waals surface area contributed by atoms with Crippen molar-refractivity contribution in [2.24, 2.45) is 0 Å². The van der Waals surface area contributed by atoms with Crippen molar-refractivity contribution >= 4 is 29.1 Å². The molecule has 132 valence electrons. The smallest absolute Gasteiger partial charge is 0.229 e. The number of hydrogen-bond acceptors (Lipinski definition) is 5. The van der Waals surface area contributed by atoms with E-state index in [4.69, 9.17) is 16.6 Å². The molecule has 0 saturated carbocycles. The van der Waals surface area contributed by atoms with Gasteiger partial charge in [0.1, 0.15) is 5.82 Å². The van der Waals surface area contributed by atoms with Crippen LogP contribution >= 0.6 is 11.6 Å². The van der Waals surface area contributed by atoms with E-state index < -0.39 is 0 Å². The third-order valence-corrected chi connectivity index (χ3v) is 4.68. The van der Waals surface area contributed by atoms with Crippen LogP contribution in [0.25, 0.3) is 0 Å². The highest BCUT2D eigenvalue weighted by Gasteiger charge is 2.25. The summed E-state index contributed by atoms with van der Waals surface area (Å²) in [4.78, 5) is 11.4. The Balaban J connectivity index is 1.60. The van der Waals surface area contributed by atoms with Gasteiger partial charge in [0.2, 0.25) is 5.95 Å². The molecule has 0 spiro atoms. The van der Waals surface area contributed by atoms with E-state index in [1.54, 1.807) is 6.20 Å². The second-order valence-corrected chi connectivity index (χ2v) is 6.63. The van der Waals surface area contributed by atoms with Gasteiger partial charge < -0.3 is 15.5 Å². The summed E-state index contributed by atoms with van der Waals surface area (Å²) < 4.78 is 0. The Hall–Kier alpha value is -2.63. The lowest BCUT2D eigenvalue weighted by Gasteiger charge is -2.37. The highest BCUT2D eigenvalue weighted by molar-refractivity contribution is 6.30. The molecule has 2 aromatic carbocycles. The summed E-state index contributed by atoms with van der Waals surface area (Å²) >= 11 is 6.06. The van der Waals surface area contributed by atoms with Gasteiger partial charge >= 0.3 is 0 Å². The molecular weight excluding hydrogens is 346 g/mol. The maximum Gasteiger partial charge on any atom is 0.229 e. The minimum Gasteiger partial charge on any atom is -0.347 e. The number of nitrogens with zero attached hydrogens (tertiary/aromatic N) is 3. The molecule has 0 amide bonds. The third kappa shape index (κ3) is 3.79. The first-order chi connectivity index (χ1) is 12.8. The zero-order valence-corrected chi connectivity index (χ0v) is 15.0. The molecule has 2 N–H and O–H groups in total. The third-order valence-electron chi connectivity index (χ3n) is 4.44. The number of hydrogen-bond donors (Lipinski definition) is 2. The average molecular weight is 366 g/mol. The molecular formula is C20H20ClN5. The number of halogens is 1. The minimum atomic E-state index is 0.249. The van der Waals surface area contributed by atoms with Crippen molar-refractivity contribution in [3.05, 3.63) is 77.4 Å². The molecule has 0 bridgehead atoms. The van der Waals surface area contributed by atoms with Gasteiger partial charge in [-0.25, -0.2) is 4.98 Å². The van der Waals surface area contributed by atoms with Gasteiger partial charge in [0.15, 0.2) is 0 Å². The highest BCUT2D eigenvalue weighted by atomic mass is 35.5. The molecule has 5 nitrogen and oxygen atoms in total. The Morgan fingerprint density at radius 3 is 2.81 bits per heavy atom. The van der Waals surface area contributed by atoms with Crippen LogP contribution in [-0.4, -0.2) is 29.6 Å². The molecule has 1 unspecified atom stereocenters. The van der Waals surface area contributed by atoms with E-state index in [-0.39, 0.29) is 6.04 Å². The van der Waals surface area contributed by atoms with Crippen molar-refractivity contribution in [1.29, 1.82) is 0 Å². The first-order valence-corrected chi connectivity index (χ1v) is 9.05. The van der Waals surface area contributed by atoms with Crippen LogP contribution in [0, 0.1) is 0 Å². The van der Waals surface area contributed by atoms with Crippen molar-refractivity contribution < 1.29 is 0 Å². The van der Waals surface area contributed by atoms with Crippen LogP contribution in [-0.2, 0) is 0 Å². The van der Waals surface area contributed by atoms with Crippen molar-refractivity contribution in [2.45, 2.75) is 6.04 Å². The average Bonchev–Trinajstić information content (AvgIpc) is 2.69. The normalized spacial score (nSPS) is 17.1. The van der Waals surface area contributed by atoms with Crippen LogP contribution < -0.4 is 15.5 Å². The predicted octanol–water partition coefficient (Wildman–Crippen LogP) is 4.02. The highest BCUT2D eigenvalue weighted by Crippen LogP contribution is 2.28. The molecule has 0 radical (unpaired) electrons. The molecule has 4 rings (SSSR count). The summed E-state index contributed by atoms with van der Waals surface area (Å²) in [5, 5.41) is 7.39. The lowest BCUT2D eigenvalue weighted by Crippen LogP contribution is -2.46. The van der Waals surface area contributed by atoms with Crippen LogP contribution in [0.4, 0.5) is 17.5 Å². The van der Waals surface area contributed by atoms with Gasteiger partial charge in [-0.3, -0.25) is 0 Å². The summed E-state index contributed by atoms with van der Waals surface area (Å²) in [6.45, 7) is 2.72. The Morgan fingerprint density at radius 2 is 1.96 bits per heavy atom. The summed E-state index contributed by atoms with van der Waals surface area (Å²) in [5.41, 5.74) is 2.15. The van der Waals surface area contributed by atoms with Gasteiger partial charge in [-0.1, -0.05) is 48.0 Å². The van der Waals surface area contributed by atoms with Crippen molar-refractivity contribution in [3.63, 3.8) is 0 Å². The van der Waals surface area contributed by atoms with Gasteiger partial charge in [0.25, 0.3) is 0 Å². The molecule has 1 aliphatic rings. The molecule has 1 atom stereocenters. The number of piperazine rings is 1. The van der Waals surface area contributed by atoms with E-state index in [1.807, 2.05) is 36.4 Å². The van der Waals surface area contributed by atoms with Gasteiger partial charge in [-0.15, -0.1) is 0 Å². The number of anilines is 3. The maximum absolute atomic E-state index is 6.06. The molecule has 3 aromatic rings. The van der Waals surface area contributed by atoms with Crippen LogP contribution in [0.2, 0.25) is 5.02 Å². The molecule has 6 heteroatoms. The number of nitrogens with one attached hydrogen (secondary N) is 2. The largest absolute Gasteiger partial charge is 0.347 e. The van der Waals surface area contributed by atoms with E-state index in [0.717, 1.165) is 31.1 Å². The van der Waals surface area contributed by atoms with Crippen molar-refractivity contribution in [1.82, 2.24) is 15.3 Å². The van der Waals surface area contributed by atoms with E-state index >= 15 is 0 Å². The van der Waals surface area contributed by atoms with Gasteiger partial charge in [0, 0.05) is 36.5 Å². The Bertz CT molecular complexity index is 871. The van der Waals surface area contributed by atoms with Crippen molar-refractivity contribution in [2.75, 3.05) is 29.9 Å². The van der Waals surface area contributed by atoms with Crippen molar-refractivity contribution in [3.8, 4) is 0 Å². The van der Waals surface area contributed by atoms with Gasteiger partial charge in [0.05, 0.1) is 6.04 Å². The molecule has 26 heavy (non-hydrogen) atoms. The lowest BCUT2D eigenvalue weighted by molar-refractivity contribution is 0.486. The first kappa shape index (κ1) is 16.8. The summed E-state index contributed by atoms with van der Waals surface area (Å²) in [6.07, 6.45) is 1.79. The van der Waals surface area contributed by atoms with Crippen LogP contribution in [0.15, 0.2) is 66.9 Å². The Labute approximate surface area is 158 Å². The summed E-state index contributed by atoms with van der Waals surface area (Å²) in [6, 6.07) is 20.3. The predicted molar refractivity (Wildman–Crippen MR) is 106 cm³/mol. The fourth-order valence-electron chi connectivity index (χ4n) is 3.22. The van der Waals surface area contributed by atoms with Crippen LogP contribution in [0.1, 0.15) is 11.6 Å². The van der Waals surface area contributed by atoms with Gasteiger partial charge in [-0.05, 0) is 29.8 Å². The zero-order valence-electron chi connectivity index (χ0n) is 14.3. The minimum absolute atomic E-state index is 0.249. The van der Waals surface area contributed by atoms with E-state index in [1.165, 1.54) is 5.56 Å². The fourth-order valence-corrected chi connectivity index (χ4v) is 3.41. The van der Waals surface area contributed by atoms with E-state index in [9.17, 15) is 0 Å². The molecule has 1 aromatic heterocycles. The monoisotopic (exact) mass is 365 g/mol. The first-order valence-electron chi connectivity index (χ1n) is 8.67. The number of aromatic nitrogens is 2. The van der Waals surface area contributed by atoms with Crippen LogP contribution in [0.3, 0.4) is 0 Å². The van der Waals surface area contributed by atoms with Gasteiger partial charge in [-0.2, -0.15) is 4.98 Å². The standard InChI is InChI=1S/C20H20ClN5/c21-16-7-4-8-17(13-16)24-20-23-10-9-19(25-20)26-12-11-22-14-18(26)15-5-2-1-3-6-15/h1-10,13,18,22H,11-12,14H2,(H,23,24,25). The molecule has 1 saturated heterocycles. The number of benzene rings is 2. The molecule has 0 aliphatic carbocycles. The SMILES string of the molecule is Clc1cccc(Nc2nccc(N3CCNCC3c3ccccc3)n2)c1. The second kappa shape index (κ2) is 7.72. The fraction of sp³-hybridized carbons (Fsp3) is 0.200. The molecule has 1 fully saturated rings. The van der Waals surface area contributed by atoms with Crippen LogP contribution in [0.5, 0.6) is 0 Å². The molecule has 1 aliphatic heterocycles. The number of rotatable bonds is 4. The zero-order chi connectivity index (χ0) is 17.8. The topological polar surface area (TPSA) is 53.1 Å². The Morgan fingerprint density at radius 1 is 1.08 bits per heavy atom. The van der Waals surface area contributed by atoms with E-state index in [2.05, 4.69) is 44.8 Å². The quantitative estimate of drug-likeness (QED) is 0.731.